The van der Waals surface area contributed by atoms with Crippen molar-refractivity contribution in [3.63, 3.8) is 0 Å². The average Bonchev–Trinajstić information content (AvgIpc) is 3.51. The van der Waals surface area contributed by atoms with Crippen LogP contribution in [-0.4, -0.2) is 52.8 Å². The Labute approximate surface area is 202 Å². The molecule has 0 radical (unpaired) electrons. The predicted octanol–water partition coefficient (Wildman–Crippen LogP) is 3.58. The molecule has 1 aliphatic heterocycles. The van der Waals surface area contributed by atoms with Crippen LogP contribution < -0.4 is 10.6 Å². The van der Waals surface area contributed by atoms with Gasteiger partial charge in [0, 0.05) is 31.9 Å². The Hall–Kier alpha value is -2.23. The summed E-state index contributed by atoms with van der Waals surface area (Å²) in [5.41, 5.74) is 3.73. The lowest BCUT2D eigenvalue weighted by atomic mass is 10.0. The second-order valence-electron chi connectivity index (χ2n) is 8.62. The minimum Gasteiger partial charge on any atom is -0.480 e. The number of carbonyl (C=O) groups is 2. The van der Waals surface area contributed by atoms with Crippen LogP contribution in [0.1, 0.15) is 55.5 Å². The third kappa shape index (κ3) is 5.83. The van der Waals surface area contributed by atoms with Crippen molar-refractivity contribution in [2.45, 2.75) is 62.8 Å². The molecule has 1 fully saturated rings. The third-order valence-electron chi connectivity index (χ3n) is 6.24. The van der Waals surface area contributed by atoms with Crippen LogP contribution in [-0.2, 0) is 32.6 Å². The largest absolute Gasteiger partial charge is 0.480 e. The number of halogens is 1. The average molecular weight is 493 g/mol. The quantitative estimate of drug-likeness (QED) is 0.388. The Morgan fingerprint density at radius 2 is 2.15 bits per heavy atom. The minimum absolute atomic E-state index is 0.208. The van der Waals surface area contributed by atoms with E-state index in [0.29, 0.717) is 29.5 Å². The Morgan fingerprint density at radius 3 is 2.88 bits per heavy atom. The number of ether oxygens (including phenoxy) is 1. The van der Waals surface area contributed by atoms with E-state index in [0.717, 1.165) is 50.2 Å². The van der Waals surface area contributed by atoms with Gasteiger partial charge >= 0.3 is 5.97 Å². The van der Waals surface area contributed by atoms with Gasteiger partial charge in [0.25, 0.3) is 0 Å². The summed E-state index contributed by atoms with van der Waals surface area (Å²) in [6, 6.07) is 3.26. The zero-order valence-electron chi connectivity index (χ0n) is 18.4. The van der Waals surface area contributed by atoms with E-state index < -0.39 is 17.4 Å². The summed E-state index contributed by atoms with van der Waals surface area (Å²) < 4.78 is 6.12. The van der Waals surface area contributed by atoms with Crippen LogP contribution >= 0.6 is 22.9 Å². The zero-order valence-corrected chi connectivity index (χ0v) is 20.0. The standard InChI is InChI=1S/C23H29ClN4O4S/c24-19-18(26-14-33-19)23(9-10-23)22(31)28-17(21(29)30)8-13-32-12-2-1-5-16-7-6-15-4-3-11-25-20(15)27-16/h6-7,14,17H,1-5,8-13H2,(H,25,27)(H,28,31)(H,29,30)/t17-/m0/s1. The van der Waals surface area contributed by atoms with Crippen molar-refractivity contribution in [3.8, 4) is 0 Å². The number of carboxylic acids is 1. The van der Waals surface area contributed by atoms with Gasteiger partial charge in [0.1, 0.15) is 16.2 Å². The SMILES string of the molecule is O=C(O)[C@H](CCOCCCCc1ccc2c(n1)NCCC2)NC(=O)C1(c2ncsc2Cl)CC1. The van der Waals surface area contributed by atoms with Gasteiger partial charge in [0.15, 0.2) is 0 Å². The number of aromatic nitrogens is 2. The molecule has 1 aliphatic carbocycles. The maximum absolute atomic E-state index is 12.8. The molecule has 0 unspecified atom stereocenters. The highest BCUT2D eigenvalue weighted by Gasteiger charge is 2.54. The van der Waals surface area contributed by atoms with Gasteiger partial charge in [-0.1, -0.05) is 17.7 Å². The number of thiazole rings is 1. The Kier molecular flexibility index (Phi) is 7.82. The van der Waals surface area contributed by atoms with Crippen LogP contribution in [0.25, 0.3) is 0 Å². The van der Waals surface area contributed by atoms with Crippen LogP contribution in [0.5, 0.6) is 0 Å². The van der Waals surface area contributed by atoms with Gasteiger partial charge in [-0.3, -0.25) is 4.79 Å². The molecule has 8 nitrogen and oxygen atoms in total. The number of anilines is 1. The van der Waals surface area contributed by atoms with Gasteiger partial charge in [-0.25, -0.2) is 14.8 Å². The summed E-state index contributed by atoms with van der Waals surface area (Å²) in [6.45, 7) is 1.79. The molecular weight excluding hydrogens is 464 g/mol. The van der Waals surface area contributed by atoms with E-state index in [1.165, 1.54) is 16.9 Å². The molecular formula is C23H29ClN4O4S. The Balaban J connectivity index is 1.15. The van der Waals surface area contributed by atoms with Gasteiger partial charge in [0.05, 0.1) is 16.6 Å². The number of aliphatic carboxylic acids is 1. The van der Waals surface area contributed by atoms with E-state index in [-0.39, 0.29) is 18.9 Å². The number of carbonyl (C=O) groups excluding carboxylic acids is 1. The third-order valence-corrected chi connectivity index (χ3v) is 7.30. The lowest BCUT2D eigenvalue weighted by molar-refractivity contribution is -0.142. The van der Waals surface area contributed by atoms with Gasteiger partial charge in [-0.15, -0.1) is 11.3 Å². The molecule has 3 N–H and O–H groups in total. The fraction of sp³-hybridized carbons (Fsp3) is 0.565. The topological polar surface area (TPSA) is 113 Å². The van der Waals surface area contributed by atoms with Crippen molar-refractivity contribution < 1.29 is 19.4 Å². The first kappa shape index (κ1) is 23.9. The van der Waals surface area contributed by atoms with Gasteiger partial charge in [0.2, 0.25) is 5.91 Å². The fourth-order valence-corrected chi connectivity index (χ4v) is 5.07. The number of pyridine rings is 1. The normalized spacial score (nSPS) is 17.0. The van der Waals surface area contributed by atoms with Crippen molar-refractivity contribution in [2.75, 3.05) is 25.1 Å². The molecule has 1 amide bonds. The predicted molar refractivity (Wildman–Crippen MR) is 127 cm³/mol. The summed E-state index contributed by atoms with van der Waals surface area (Å²) in [7, 11) is 0. The van der Waals surface area contributed by atoms with E-state index in [1.54, 1.807) is 5.51 Å². The number of hydrogen-bond donors (Lipinski definition) is 3. The van der Waals surface area contributed by atoms with Crippen molar-refractivity contribution in [1.29, 1.82) is 0 Å². The molecule has 2 aromatic heterocycles. The molecule has 178 valence electrons. The molecule has 2 aromatic rings. The molecule has 3 heterocycles. The molecule has 2 aliphatic rings. The van der Waals surface area contributed by atoms with Gasteiger partial charge in [-0.2, -0.15) is 0 Å². The number of nitrogens with one attached hydrogen (secondary N) is 2. The summed E-state index contributed by atoms with van der Waals surface area (Å²) in [5.74, 6) is -0.379. The van der Waals surface area contributed by atoms with Crippen LogP contribution in [0, 0.1) is 0 Å². The fourth-order valence-electron chi connectivity index (χ4n) is 4.12. The molecule has 10 heteroatoms. The highest BCUT2D eigenvalue weighted by Crippen LogP contribution is 2.50. The van der Waals surface area contributed by atoms with E-state index in [1.807, 2.05) is 0 Å². The summed E-state index contributed by atoms with van der Waals surface area (Å²) in [4.78, 5) is 33.3. The first-order valence-electron chi connectivity index (χ1n) is 11.4. The number of amides is 1. The lowest BCUT2D eigenvalue weighted by Crippen LogP contribution is -2.46. The maximum atomic E-state index is 12.8. The molecule has 0 spiro atoms. The van der Waals surface area contributed by atoms with E-state index >= 15 is 0 Å². The number of nitrogens with zero attached hydrogens (tertiary/aromatic N) is 2. The number of hydrogen-bond acceptors (Lipinski definition) is 7. The number of rotatable bonds is 12. The van der Waals surface area contributed by atoms with Gasteiger partial charge < -0.3 is 20.5 Å². The number of aryl methyl sites for hydroxylation is 2. The van der Waals surface area contributed by atoms with Crippen LogP contribution in [0.2, 0.25) is 4.34 Å². The van der Waals surface area contributed by atoms with E-state index in [9.17, 15) is 14.7 Å². The number of carboxylic acid groups (broad SMARTS) is 1. The molecule has 0 aromatic carbocycles. The van der Waals surface area contributed by atoms with Crippen LogP contribution in [0.3, 0.4) is 0 Å². The summed E-state index contributed by atoms with van der Waals surface area (Å²) in [6.07, 6.45) is 6.39. The molecule has 33 heavy (non-hydrogen) atoms. The van der Waals surface area contributed by atoms with E-state index in [4.69, 9.17) is 21.3 Å². The van der Waals surface area contributed by atoms with Crippen molar-refractivity contribution >= 4 is 40.6 Å². The maximum Gasteiger partial charge on any atom is 0.326 e. The minimum atomic E-state index is -1.07. The molecule has 4 rings (SSSR count). The summed E-state index contributed by atoms with van der Waals surface area (Å²) >= 11 is 7.43. The number of fused-ring (bicyclic) bond motifs is 1. The van der Waals surface area contributed by atoms with Crippen LogP contribution in [0.15, 0.2) is 17.6 Å². The lowest BCUT2D eigenvalue weighted by Gasteiger charge is -2.19. The second-order valence-corrected chi connectivity index (χ2v) is 10.1. The molecule has 1 atom stereocenters. The molecule has 1 saturated carbocycles. The highest BCUT2D eigenvalue weighted by molar-refractivity contribution is 7.14. The summed E-state index contributed by atoms with van der Waals surface area (Å²) in [5, 5.41) is 15.5. The zero-order chi connectivity index (χ0) is 23.3. The van der Waals surface area contributed by atoms with Crippen LogP contribution in [0.4, 0.5) is 5.82 Å². The first-order chi connectivity index (χ1) is 16.0. The Bertz CT molecular complexity index is 995. The van der Waals surface area contributed by atoms with Crippen molar-refractivity contribution in [2.24, 2.45) is 0 Å². The Morgan fingerprint density at radius 1 is 1.30 bits per heavy atom. The van der Waals surface area contributed by atoms with Gasteiger partial charge in [-0.05, 0) is 56.6 Å². The van der Waals surface area contributed by atoms with Crippen molar-refractivity contribution in [1.82, 2.24) is 15.3 Å². The second kappa shape index (κ2) is 10.8. The first-order valence-corrected chi connectivity index (χ1v) is 12.7. The smallest absolute Gasteiger partial charge is 0.326 e. The highest BCUT2D eigenvalue weighted by atomic mass is 35.5. The molecule has 0 saturated heterocycles. The van der Waals surface area contributed by atoms with E-state index in [2.05, 4.69) is 27.8 Å². The monoisotopic (exact) mass is 492 g/mol. The molecule has 0 bridgehead atoms. The number of unbranched alkanes of at least 4 members (excludes halogenated alkanes) is 1. The van der Waals surface area contributed by atoms with Crippen molar-refractivity contribution in [3.05, 3.63) is 38.9 Å².